The molecule has 0 aromatic carbocycles. The Morgan fingerprint density at radius 3 is 2.54 bits per heavy atom. The van der Waals surface area contributed by atoms with Gasteiger partial charge in [0.25, 0.3) is 0 Å². The van der Waals surface area contributed by atoms with Gasteiger partial charge in [0.1, 0.15) is 0 Å². The van der Waals surface area contributed by atoms with Crippen LogP contribution in [-0.2, 0) is 14.6 Å². The van der Waals surface area contributed by atoms with Crippen molar-refractivity contribution in [3.05, 3.63) is 0 Å². The molecule has 0 aromatic rings. The average Bonchev–Trinajstić information content (AvgIpc) is 2.84. The molecule has 2 aliphatic heterocycles. The minimum Gasteiger partial charge on any atom is -0.357 e. The number of amides is 1. The number of hydrogen-bond donors (Lipinski definition) is 2. The Morgan fingerprint density at radius 2 is 1.82 bits per heavy atom. The number of likely N-dealkylation sites (tertiary alicyclic amines) is 1. The Morgan fingerprint density at radius 1 is 1.07 bits per heavy atom. The number of guanidine groups is 1. The molecule has 0 unspecified atom stereocenters. The Balaban J connectivity index is 0.00000392. The summed E-state index contributed by atoms with van der Waals surface area (Å²) in [4.78, 5) is 20.7. The van der Waals surface area contributed by atoms with E-state index in [0.29, 0.717) is 26.1 Å². The molecule has 0 aliphatic carbocycles. The van der Waals surface area contributed by atoms with Crippen molar-refractivity contribution >= 4 is 45.7 Å². The molecule has 0 aromatic heterocycles. The van der Waals surface area contributed by atoms with E-state index >= 15 is 0 Å². The number of nitrogens with zero attached hydrogens (tertiary/aromatic N) is 3. The second-order valence-corrected chi connectivity index (χ2v) is 9.53. The molecule has 10 heteroatoms. The van der Waals surface area contributed by atoms with Gasteiger partial charge >= 0.3 is 0 Å². The number of hydrogen-bond acceptors (Lipinski definition) is 5. The highest BCUT2D eigenvalue weighted by molar-refractivity contribution is 14.0. The Kier molecular flexibility index (Phi) is 12.3. The lowest BCUT2D eigenvalue weighted by Crippen LogP contribution is -2.46. The van der Waals surface area contributed by atoms with Crippen LogP contribution in [0.1, 0.15) is 39.0 Å². The molecule has 2 N–H and O–H groups in total. The number of carbonyl (C=O) groups is 1. The zero-order chi connectivity index (χ0) is 19.5. The molecule has 2 heterocycles. The maximum Gasteiger partial charge on any atom is 0.222 e. The van der Waals surface area contributed by atoms with Crippen LogP contribution in [0.2, 0.25) is 0 Å². The highest BCUT2D eigenvalue weighted by Crippen LogP contribution is 2.11. The summed E-state index contributed by atoms with van der Waals surface area (Å²) in [6, 6.07) is 0. The van der Waals surface area contributed by atoms with Crippen molar-refractivity contribution in [2.24, 2.45) is 4.99 Å². The maximum absolute atomic E-state index is 12.0. The van der Waals surface area contributed by atoms with Crippen molar-refractivity contribution in [2.45, 2.75) is 39.0 Å². The predicted octanol–water partition coefficient (Wildman–Crippen LogP) is 0.683. The van der Waals surface area contributed by atoms with Crippen molar-refractivity contribution in [2.75, 3.05) is 63.9 Å². The van der Waals surface area contributed by atoms with E-state index in [1.54, 1.807) is 0 Å². The normalized spacial score (nSPS) is 21.0. The summed E-state index contributed by atoms with van der Waals surface area (Å²) in [6.07, 6.45) is 4.83. The molecule has 2 rings (SSSR count). The fraction of sp³-hybridized carbons (Fsp3) is 0.889. The van der Waals surface area contributed by atoms with E-state index < -0.39 is 9.84 Å². The molecule has 0 atom stereocenters. The van der Waals surface area contributed by atoms with Crippen molar-refractivity contribution in [3.63, 3.8) is 0 Å². The molecule has 28 heavy (non-hydrogen) atoms. The summed E-state index contributed by atoms with van der Waals surface area (Å²) in [5.74, 6) is 1.58. The Labute approximate surface area is 186 Å². The average molecular weight is 529 g/mol. The predicted molar refractivity (Wildman–Crippen MR) is 124 cm³/mol. The number of rotatable bonds is 8. The molecule has 0 radical (unpaired) electrons. The van der Waals surface area contributed by atoms with Gasteiger partial charge in [0.15, 0.2) is 15.8 Å². The van der Waals surface area contributed by atoms with Crippen LogP contribution in [0.5, 0.6) is 0 Å². The van der Waals surface area contributed by atoms with E-state index in [0.717, 1.165) is 64.4 Å². The van der Waals surface area contributed by atoms with Gasteiger partial charge in [-0.15, -0.1) is 24.0 Å². The fourth-order valence-electron chi connectivity index (χ4n) is 3.38. The Bertz CT molecular complexity index is 586. The number of nitrogens with one attached hydrogen (secondary N) is 2. The largest absolute Gasteiger partial charge is 0.357 e. The van der Waals surface area contributed by atoms with Crippen LogP contribution < -0.4 is 10.6 Å². The first-order valence-corrected chi connectivity index (χ1v) is 12.0. The van der Waals surface area contributed by atoms with E-state index in [1.807, 2.05) is 11.8 Å². The smallest absolute Gasteiger partial charge is 0.222 e. The van der Waals surface area contributed by atoms with Crippen molar-refractivity contribution < 1.29 is 13.2 Å². The van der Waals surface area contributed by atoms with Gasteiger partial charge in [-0.2, -0.15) is 0 Å². The molecule has 8 nitrogen and oxygen atoms in total. The van der Waals surface area contributed by atoms with E-state index in [-0.39, 0.29) is 41.4 Å². The van der Waals surface area contributed by atoms with E-state index in [2.05, 4.69) is 20.5 Å². The maximum atomic E-state index is 12.0. The molecule has 2 aliphatic rings. The number of sulfone groups is 1. The molecular formula is C18H36IN5O3S. The molecule has 2 saturated heterocycles. The number of halogens is 1. The molecule has 164 valence electrons. The van der Waals surface area contributed by atoms with Gasteiger partial charge in [0.05, 0.1) is 11.5 Å². The van der Waals surface area contributed by atoms with Crippen LogP contribution in [0.25, 0.3) is 0 Å². The topological polar surface area (TPSA) is 94.1 Å². The lowest BCUT2D eigenvalue weighted by molar-refractivity contribution is -0.130. The zero-order valence-corrected chi connectivity index (χ0v) is 20.1. The van der Waals surface area contributed by atoms with E-state index in [9.17, 15) is 13.2 Å². The van der Waals surface area contributed by atoms with Crippen LogP contribution in [0.3, 0.4) is 0 Å². The highest BCUT2D eigenvalue weighted by Gasteiger charge is 2.21. The molecule has 0 spiro atoms. The summed E-state index contributed by atoms with van der Waals surface area (Å²) in [5.41, 5.74) is 0. The second-order valence-electron chi connectivity index (χ2n) is 7.23. The van der Waals surface area contributed by atoms with Crippen LogP contribution in [-0.4, -0.2) is 93.9 Å². The van der Waals surface area contributed by atoms with Crippen molar-refractivity contribution in [1.82, 2.24) is 20.4 Å². The van der Waals surface area contributed by atoms with Gasteiger partial charge in [0, 0.05) is 58.8 Å². The van der Waals surface area contributed by atoms with Crippen molar-refractivity contribution in [1.29, 1.82) is 0 Å². The first-order valence-electron chi connectivity index (χ1n) is 10.2. The molecule has 1 amide bonds. The van der Waals surface area contributed by atoms with Gasteiger partial charge in [-0.1, -0.05) is 6.42 Å². The van der Waals surface area contributed by atoms with Gasteiger partial charge < -0.3 is 15.5 Å². The first kappa shape index (κ1) is 25.4. The lowest BCUT2D eigenvalue weighted by Gasteiger charge is -2.26. The third kappa shape index (κ3) is 9.73. The van der Waals surface area contributed by atoms with Gasteiger partial charge in [-0.05, 0) is 26.2 Å². The summed E-state index contributed by atoms with van der Waals surface area (Å²) in [6.45, 7) is 7.93. The zero-order valence-electron chi connectivity index (χ0n) is 17.0. The van der Waals surface area contributed by atoms with Crippen LogP contribution in [0, 0.1) is 0 Å². The minimum atomic E-state index is -2.82. The van der Waals surface area contributed by atoms with Gasteiger partial charge in [-0.25, -0.2) is 8.42 Å². The minimum absolute atomic E-state index is 0. The van der Waals surface area contributed by atoms with Gasteiger partial charge in [-0.3, -0.25) is 14.7 Å². The number of aliphatic imine (C=N–C) groups is 1. The second kappa shape index (κ2) is 13.6. The third-order valence-electron chi connectivity index (χ3n) is 5.03. The highest BCUT2D eigenvalue weighted by atomic mass is 127. The van der Waals surface area contributed by atoms with E-state index in [1.165, 1.54) is 0 Å². The Hall–Kier alpha value is -0.620. The molecule has 0 bridgehead atoms. The summed E-state index contributed by atoms with van der Waals surface area (Å²) >= 11 is 0. The first-order chi connectivity index (χ1) is 13.0. The van der Waals surface area contributed by atoms with Crippen molar-refractivity contribution in [3.8, 4) is 0 Å². The van der Waals surface area contributed by atoms with E-state index in [4.69, 9.17) is 0 Å². The van der Waals surface area contributed by atoms with Crippen LogP contribution in [0.15, 0.2) is 4.99 Å². The third-order valence-corrected chi connectivity index (χ3v) is 6.64. The summed E-state index contributed by atoms with van der Waals surface area (Å²) < 4.78 is 22.9. The quantitative estimate of drug-likeness (QED) is 0.208. The van der Waals surface area contributed by atoms with Gasteiger partial charge in [0.2, 0.25) is 5.91 Å². The van der Waals surface area contributed by atoms with Crippen LogP contribution in [0.4, 0.5) is 0 Å². The summed E-state index contributed by atoms with van der Waals surface area (Å²) in [7, 11) is -2.82. The lowest BCUT2D eigenvalue weighted by atomic mass is 10.2. The standard InChI is InChI=1S/C18H35N5O3S.HI/c1-2-19-18(21-9-12-22-13-15-27(25,26)16-14-22)20-8-6-11-23-10-5-3-4-7-17(23)24;/h2-16H2,1H3,(H2,19,20,21);1H. The molecule has 0 saturated carbocycles. The SMILES string of the molecule is CCNC(=NCCCN1CCCCCC1=O)NCCN1CCS(=O)(=O)CC1.I. The monoisotopic (exact) mass is 529 g/mol. The molecule has 2 fully saturated rings. The summed E-state index contributed by atoms with van der Waals surface area (Å²) in [5, 5.41) is 6.55. The fourth-order valence-corrected chi connectivity index (χ4v) is 4.65. The van der Waals surface area contributed by atoms with Crippen LogP contribution >= 0.6 is 24.0 Å². The number of carbonyl (C=O) groups excluding carboxylic acids is 1. The molecular weight excluding hydrogens is 493 g/mol.